The Morgan fingerprint density at radius 2 is 1.88 bits per heavy atom. The number of rotatable bonds is 5. The van der Waals surface area contributed by atoms with Crippen molar-refractivity contribution in [3.63, 3.8) is 0 Å². The van der Waals surface area contributed by atoms with Crippen LogP contribution < -0.4 is 4.74 Å². The van der Waals surface area contributed by atoms with E-state index in [1.54, 1.807) is 31.2 Å². The van der Waals surface area contributed by atoms with Crippen LogP contribution in [0.5, 0.6) is 5.75 Å². The maximum absolute atomic E-state index is 11.1. The first-order valence-electron chi connectivity index (χ1n) is 5.79. The molecule has 1 aromatic carbocycles. The number of hydrogen-bond acceptors (Lipinski definition) is 3. The molecule has 0 saturated carbocycles. The first-order chi connectivity index (χ1) is 7.83. The van der Waals surface area contributed by atoms with Crippen molar-refractivity contribution in [1.82, 2.24) is 0 Å². The second-order valence-corrected chi connectivity index (χ2v) is 4.88. The van der Waals surface area contributed by atoms with Crippen LogP contribution in [0, 0.1) is 5.92 Å². The first-order valence-corrected chi connectivity index (χ1v) is 5.79. The number of carbonyl (C=O) groups excluding carboxylic acids is 1. The van der Waals surface area contributed by atoms with Crippen molar-refractivity contribution < 1.29 is 14.6 Å². The molecule has 0 aliphatic carbocycles. The molecule has 0 bridgehead atoms. The van der Waals surface area contributed by atoms with E-state index in [0.717, 1.165) is 0 Å². The van der Waals surface area contributed by atoms with E-state index in [0.29, 0.717) is 11.3 Å². The Morgan fingerprint density at radius 1 is 1.35 bits per heavy atom. The van der Waals surface area contributed by atoms with Gasteiger partial charge in [-0.3, -0.25) is 4.79 Å². The molecule has 0 fully saturated rings. The molecular formula is C14H20O3. The third kappa shape index (κ3) is 3.86. The SMILES string of the molecule is CC(=O)c1ccc(OCC(C)(O)C(C)C)cc1. The molecular weight excluding hydrogens is 216 g/mol. The smallest absolute Gasteiger partial charge is 0.159 e. The van der Waals surface area contributed by atoms with Crippen molar-refractivity contribution in [1.29, 1.82) is 0 Å². The van der Waals surface area contributed by atoms with Gasteiger partial charge in [0.2, 0.25) is 0 Å². The average molecular weight is 236 g/mol. The lowest BCUT2D eigenvalue weighted by atomic mass is 9.94. The van der Waals surface area contributed by atoms with Crippen LogP contribution in [0.15, 0.2) is 24.3 Å². The Labute approximate surface area is 102 Å². The van der Waals surface area contributed by atoms with Crippen LogP contribution in [0.3, 0.4) is 0 Å². The Bertz CT molecular complexity index is 377. The number of ether oxygens (including phenoxy) is 1. The summed E-state index contributed by atoms with van der Waals surface area (Å²) in [6.07, 6.45) is 0. The quantitative estimate of drug-likeness (QED) is 0.799. The fourth-order valence-corrected chi connectivity index (χ4v) is 1.18. The number of Topliss-reactive ketones (excluding diaryl/α,β-unsaturated/α-hetero) is 1. The molecule has 0 saturated heterocycles. The zero-order chi connectivity index (χ0) is 13.1. The van der Waals surface area contributed by atoms with Crippen molar-refractivity contribution in [2.75, 3.05) is 6.61 Å². The predicted octanol–water partition coefficient (Wildman–Crippen LogP) is 2.68. The molecule has 94 valence electrons. The van der Waals surface area contributed by atoms with E-state index >= 15 is 0 Å². The van der Waals surface area contributed by atoms with Gasteiger partial charge in [0.15, 0.2) is 5.78 Å². The summed E-state index contributed by atoms with van der Waals surface area (Å²) in [6.45, 7) is 7.41. The van der Waals surface area contributed by atoms with Gasteiger partial charge in [-0.2, -0.15) is 0 Å². The summed E-state index contributed by atoms with van der Waals surface area (Å²) in [7, 11) is 0. The van der Waals surface area contributed by atoms with Gasteiger partial charge in [0, 0.05) is 5.56 Å². The monoisotopic (exact) mass is 236 g/mol. The summed E-state index contributed by atoms with van der Waals surface area (Å²) in [5.41, 5.74) is -0.188. The molecule has 0 radical (unpaired) electrons. The zero-order valence-electron chi connectivity index (χ0n) is 10.9. The third-order valence-electron chi connectivity index (χ3n) is 3.04. The van der Waals surface area contributed by atoms with E-state index in [1.165, 1.54) is 6.92 Å². The number of ketones is 1. The minimum atomic E-state index is -0.848. The lowest BCUT2D eigenvalue weighted by Gasteiger charge is -2.27. The maximum Gasteiger partial charge on any atom is 0.159 e. The standard InChI is InChI=1S/C14H20O3/c1-10(2)14(4,16)9-17-13-7-5-12(6-8-13)11(3)15/h5-8,10,16H,9H2,1-4H3. The van der Waals surface area contributed by atoms with Crippen LogP contribution in [0.2, 0.25) is 0 Å². The van der Waals surface area contributed by atoms with Gasteiger partial charge in [-0.1, -0.05) is 13.8 Å². The van der Waals surface area contributed by atoms with E-state index in [9.17, 15) is 9.90 Å². The number of carbonyl (C=O) groups is 1. The lowest BCUT2D eigenvalue weighted by Crippen LogP contribution is -2.37. The largest absolute Gasteiger partial charge is 0.491 e. The second-order valence-electron chi connectivity index (χ2n) is 4.88. The molecule has 0 aromatic heterocycles. The summed E-state index contributed by atoms with van der Waals surface area (Å²) in [5.74, 6) is 0.820. The highest BCUT2D eigenvalue weighted by Crippen LogP contribution is 2.19. The summed E-state index contributed by atoms with van der Waals surface area (Å²) in [6, 6.07) is 6.93. The molecule has 1 aromatic rings. The third-order valence-corrected chi connectivity index (χ3v) is 3.04. The molecule has 3 heteroatoms. The molecule has 1 unspecified atom stereocenters. The normalized spacial score (nSPS) is 14.5. The fourth-order valence-electron chi connectivity index (χ4n) is 1.18. The van der Waals surface area contributed by atoms with Crippen LogP contribution in [0.25, 0.3) is 0 Å². The molecule has 1 rings (SSSR count). The minimum absolute atomic E-state index is 0.0331. The number of hydrogen-bond donors (Lipinski definition) is 1. The summed E-state index contributed by atoms with van der Waals surface area (Å²) >= 11 is 0. The number of aliphatic hydroxyl groups is 1. The Kier molecular flexibility index (Phi) is 4.29. The molecule has 0 amide bonds. The molecule has 0 aliphatic heterocycles. The van der Waals surface area contributed by atoms with Crippen LogP contribution in [-0.2, 0) is 0 Å². The van der Waals surface area contributed by atoms with Gasteiger partial charge in [0.1, 0.15) is 12.4 Å². The van der Waals surface area contributed by atoms with E-state index in [-0.39, 0.29) is 18.3 Å². The van der Waals surface area contributed by atoms with E-state index in [4.69, 9.17) is 4.74 Å². The highest BCUT2D eigenvalue weighted by molar-refractivity contribution is 5.94. The van der Waals surface area contributed by atoms with Crippen LogP contribution in [0.4, 0.5) is 0 Å². The summed E-state index contributed by atoms with van der Waals surface area (Å²) in [5, 5.41) is 10.0. The highest BCUT2D eigenvalue weighted by atomic mass is 16.5. The Balaban J connectivity index is 2.62. The second kappa shape index (κ2) is 5.32. The minimum Gasteiger partial charge on any atom is -0.491 e. The molecule has 1 atom stereocenters. The van der Waals surface area contributed by atoms with Crippen molar-refractivity contribution in [2.24, 2.45) is 5.92 Å². The number of benzene rings is 1. The Hall–Kier alpha value is -1.35. The van der Waals surface area contributed by atoms with E-state index in [2.05, 4.69) is 0 Å². The van der Waals surface area contributed by atoms with Crippen LogP contribution in [0.1, 0.15) is 38.1 Å². The van der Waals surface area contributed by atoms with Gasteiger partial charge in [-0.25, -0.2) is 0 Å². The molecule has 0 heterocycles. The van der Waals surface area contributed by atoms with Crippen molar-refractivity contribution >= 4 is 5.78 Å². The molecule has 3 nitrogen and oxygen atoms in total. The van der Waals surface area contributed by atoms with E-state index in [1.807, 2.05) is 13.8 Å². The van der Waals surface area contributed by atoms with Crippen molar-refractivity contribution in [3.8, 4) is 5.75 Å². The van der Waals surface area contributed by atoms with Crippen LogP contribution >= 0.6 is 0 Å². The average Bonchev–Trinajstić information content (AvgIpc) is 2.27. The lowest BCUT2D eigenvalue weighted by molar-refractivity contribution is -0.0266. The Morgan fingerprint density at radius 3 is 2.29 bits per heavy atom. The zero-order valence-corrected chi connectivity index (χ0v) is 10.9. The molecule has 17 heavy (non-hydrogen) atoms. The first kappa shape index (κ1) is 13.7. The van der Waals surface area contributed by atoms with Gasteiger partial charge in [-0.15, -0.1) is 0 Å². The molecule has 0 aliphatic rings. The van der Waals surface area contributed by atoms with Gasteiger partial charge < -0.3 is 9.84 Å². The topological polar surface area (TPSA) is 46.5 Å². The highest BCUT2D eigenvalue weighted by Gasteiger charge is 2.25. The fraction of sp³-hybridized carbons (Fsp3) is 0.500. The summed E-state index contributed by atoms with van der Waals surface area (Å²) < 4.78 is 5.51. The van der Waals surface area contributed by atoms with Gasteiger partial charge in [0.05, 0.1) is 5.60 Å². The van der Waals surface area contributed by atoms with Crippen LogP contribution in [-0.4, -0.2) is 23.1 Å². The van der Waals surface area contributed by atoms with Gasteiger partial charge in [-0.05, 0) is 44.0 Å². The van der Waals surface area contributed by atoms with Crippen molar-refractivity contribution in [3.05, 3.63) is 29.8 Å². The van der Waals surface area contributed by atoms with Crippen molar-refractivity contribution in [2.45, 2.75) is 33.3 Å². The maximum atomic E-state index is 11.1. The summed E-state index contributed by atoms with van der Waals surface area (Å²) in [4.78, 5) is 11.1. The van der Waals surface area contributed by atoms with Gasteiger partial charge in [0.25, 0.3) is 0 Å². The molecule has 0 spiro atoms. The molecule has 1 N–H and O–H groups in total. The van der Waals surface area contributed by atoms with Gasteiger partial charge >= 0.3 is 0 Å². The predicted molar refractivity (Wildman–Crippen MR) is 67.4 cm³/mol. The van der Waals surface area contributed by atoms with E-state index < -0.39 is 5.60 Å².